The molecule has 0 saturated carbocycles. The lowest BCUT2D eigenvalue weighted by Gasteiger charge is -2.23. The highest BCUT2D eigenvalue weighted by Crippen LogP contribution is 2.35. The maximum atomic E-state index is 10.0. The zero-order valence-corrected chi connectivity index (χ0v) is 11.5. The fourth-order valence-electron chi connectivity index (χ4n) is 2.77. The third kappa shape index (κ3) is 2.85. The summed E-state index contributed by atoms with van der Waals surface area (Å²) >= 11 is 0. The summed E-state index contributed by atoms with van der Waals surface area (Å²) in [5.74, 6) is 0.937. The van der Waals surface area contributed by atoms with Gasteiger partial charge >= 0.3 is 0 Å². The molecule has 1 unspecified atom stereocenters. The molecule has 0 bridgehead atoms. The molecule has 0 amide bonds. The number of benzene rings is 1. The zero-order chi connectivity index (χ0) is 13.8. The molecule has 0 saturated heterocycles. The zero-order valence-electron chi connectivity index (χ0n) is 11.5. The summed E-state index contributed by atoms with van der Waals surface area (Å²) < 4.78 is 7.96. The van der Waals surface area contributed by atoms with E-state index in [0.29, 0.717) is 6.61 Å². The lowest BCUT2D eigenvalue weighted by atomic mass is 9.89. The standard InChI is InChI=1S/C16H20N2O2/c19-15-6-1-5-14-13(15)4-2-7-16(14)20-11-3-9-18-10-8-17-12-18/h2,4,7-8,10,12,15,19H,1,3,5-6,9,11H2. The van der Waals surface area contributed by atoms with E-state index in [2.05, 4.69) is 4.98 Å². The second-order valence-corrected chi connectivity index (χ2v) is 5.23. The third-order valence-corrected chi connectivity index (χ3v) is 3.81. The van der Waals surface area contributed by atoms with Gasteiger partial charge in [-0.15, -0.1) is 0 Å². The molecular weight excluding hydrogens is 252 g/mol. The molecule has 0 spiro atoms. The second kappa shape index (κ2) is 6.09. The van der Waals surface area contributed by atoms with Crippen molar-refractivity contribution in [3.8, 4) is 5.75 Å². The monoisotopic (exact) mass is 272 g/mol. The molecule has 1 aliphatic rings. The van der Waals surface area contributed by atoms with Crippen LogP contribution >= 0.6 is 0 Å². The number of aliphatic hydroxyl groups is 1. The molecule has 1 aliphatic carbocycles. The maximum Gasteiger partial charge on any atom is 0.122 e. The fourth-order valence-corrected chi connectivity index (χ4v) is 2.77. The lowest BCUT2D eigenvalue weighted by Crippen LogP contribution is -2.12. The maximum absolute atomic E-state index is 10.0. The van der Waals surface area contributed by atoms with Crippen LogP contribution in [0.25, 0.3) is 0 Å². The number of imidazole rings is 1. The van der Waals surface area contributed by atoms with Crippen molar-refractivity contribution in [2.45, 2.75) is 38.3 Å². The first-order valence-corrected chi connectivity index (χ1v) is 7.23. The topological polar surface area (TPSA) is 47.3 Å². The molecule has 0 radical (unpaired) electrons. The quantitative estimate of drug-likeness (QED) is 0.851. The van der Waals surface area contributed by atoms with Crippen LogP contribution in [0.1, 0.15) is 36.5 Å². The van der Waals surface area contributed by atoms with Crippen LogP contribution < -0.4 is 4.74 Å². The second-order valence-electron chi connectivity index (χ2n) is 5.23. The Kier molecular flexibility index (Phi) is 4.02. The van der Waals surface area contributed by atoms with Crippen LogP contribution in [-0.4, -0.2) is 21.3 Å². The SMILES string of the molecule is OC1CCCc2c(OCCCn3ccnc3)cccc21. The molecule has 0 fully saturated rings. The van der Waals surface area contributed by atoms with E-state index in [1.165, 1.54) is 5.56 Å². The first-order valence-electron chi connectivity index (χ1n) is 7.23. The molecule has 1 atom stereocenters. The van der Waals surface area contributed by atoms with Gasteiger partial charge in [0.05, 0.1) is 19.0 Å². The van der Waals surface area contributed by atoms with Crippen LogP contribution in [-0.2, 0) is 13.0 Å². The van der Waals surface area contributed by atoms with Gasteiger partial charge in [-0.05, 0) is 42.9 Å². The van der Waals surface area contributed by atoms with Crippen LogP contribution in [0, 0.1) is 0 Å². The molecule has 20 heavy (non-hydrogen) atoms. The van der Waals surface area contributed by atoms with Crippen molar-refractivity contribution in [3.05, 3.63) is 48.0 Å². The number of aryl methyl sites for hydroxylation is 1. The number of fused-ring (bicyclic) bond motifs is 1. The molecule has 1 aromatic carbocycles. The number of aliphatic hydroxyl groups excluding tert-OH is 1. The molecule has 1 heterocycles. The largest absolute Gasteiger partial charge is 0.493 e. The van der Waals surface area contributed by atoms with Gasteiger partial charge < -0.3 is 14.4 Å². The van der Waals surface area contributed by atoms with Gasteiger partial charge in [0.2, 0.25) is 0 Å². The minimum Gasteiger partial charge on any atom is -0.493 e. The third-order valence-electron chi connectivity index (χ3n) is 3.81. The molecule has 3 rings (SSSR count). The Morgan fingerprint density at radius 2 is 2.35 bits per heavy atom. The highest BCUT2D eigenvalue weighted by Gasteiger charge is 2.20. The molecule has 1 aromatic heterocycles. The summed E-state index contributed by atoms with van der Waals surface area (Å²) in [4.78, 5) is 4.02. The van der Waals surface area contributed by atoms with Gasteiger partial charge in [-0.1, -0.05) is 12.1 Å². The predicted octanol–water partition coefficient (Wildman–Crippen LogP) is 2.72. The Morgan fingerprint density at radius 3 is 3.20 bits per heavy atom. The van der Waals surface area contributed by atoms with E-state index in [9.17, 15) is 5.11 Å². The van der Waals surface area contributed by atoms with Crippen molar-refractivity contribution in [2.75, 3.05) is 6.61 Å². The van der Waals surface area contributed by atoms with Crippen molar-refractivity contribution in [1.82, 2.24) is 9.55 Å². The van der Waals surface area contributed by atoms with Crippen LogP contribution in [0.15, 0.2) is 36.9 Å². The smallest absolute Gasteiger partial charge is 0.122 e. The van der Waals surface area contributed by atoms with Crippen LogP contribution in [0.4, 0.5) is 0 Å². The van der Waals surface area contributed by atoms with Crippen LogP contribution in [0.2, 0.25) is 0 Å². The van der Waals surface area contributed by atoms with Gasteiger partial charge in [-0.3, -0.25) is 0 Å². The first kappa shape index (κ1) is 13.2. The van der Waals surface area contributed by atoms with Gasteiger partial charge in [0.15, 0.2) is 0 Å². The number of aromatic nitrogens is 2. The number of hydrogen-bond donors (Lipinski definition) is 1. The van der Waals surface area contributed by atoms with Gasteiger partial charge in [0.25, 0.3) is 0 Å². The Labute approximate surface area is 119 Å². The minimum absolute atomic E-state index is 0.326. The van der Waals surface area contributed by atoms with Gasteiger partial charge in [-0.2, -0.15) is 0 Å². The van der Waals surface area contributed by atoms with Crippen molar-refractivity contribution in [2.24, 2.45) is 0 Å². The van der Waals surface area contributed by atoms with Crippen molar-refractivity contribution >= 4 is 0 Å². The summed E-state index contributed by atoms with van der Waals surface area (Å²) in [6.07, 6.45) is 9.08. The number of hydrogen-bond acceptors (Lipinski definition) is 3. The van der Waals surface area contributed by atoms with E-state index in [-0.39, 0.29) is 6.10 Å². The summed E-state index contributed by atoms with van der Waals surface area (Å²) in [6, 6.07) is 5.99. The molecule has 2 aromatic rings. The molecular formula is C16H20N2O2. The Hall–Kier alpha value is -1.81. The summed E-state index contributed by atoms with van der Waals surface area (Å²) in [5.41, 5.74) is 2.23. The highest BCUT2D eigenvalue weighted by molar-refractivity contribution is 5.42. The predicted molar refractivity (Wildman–Crippen MR) is 76.7 cm³/mol. The average Bonchev–Trinajstić information content (AvgIpc) is 2.98. The van der Waals surface area contributed by atoms with Crippen LogP contribution in [0.3, 0.4) is 0 Å². The van der Waals surface area contributed by atoms with Crippen molar-refractivity contribution in [1.29, 1.82) is 0 Å². The van der Waals surface area contributed by atoms with Crippen LogP contribution in [0.5, 0.6) is 5.75 Å². The van der Waals surface area contributed by atoms with E-state index in [1.807, 2.05) is 35.3 Å². The lowest BCUT2D eigenvalue weighted by molar-refractivity contribution is 0.155. The Bertz CT molecular complexity index is 552. The van der Waals surface area contributed by atoms with Gasteiger partial charge in [0.1, 0.15) is 5.75 Å². The molecule has 106 valence electrons. The van der Waals surface area contributed by atoms with Gasteiger partial charge in [0, 0.05) is 18.9 Å². The Balaban J connectivity index is 1.59. The average molecular weight is 272 g/mol. The fraction of sp³-hybridized carbons (Fsp3) is 0.438. The highest BCUT2D eigenvalue weighted by atomic mass is 16.5. The molecule has 1 N–H and O–H groups in total. The molecule has 4 nitrogen and oxygen atoms in total. The van der Waals surface area contributed by atoms with E-state index in [0.717, 1.165) is 43.5 Å². The van der Waals surface area contributed by atoms with E-state index in [1.54, 1.807) is 6.20 Å². The summed E-state index contributed by atoms with van der Waals surface area (Å²) in [7, 11) is 0. The number of nitrogens with zero attached hydrogens (tertiary/aromatic N) is 2. The minimum atomic E-state index is -0.326. The van der Waals surface area contributed by atoms with E-state index in [4.69, 9.17) is 4.74 Å². The van der Waals surface area contributed by atoms with Crippen molar-refractivity contribution in [3.63, 3.8) is 0 Å². The first-order chi connectivity index (χ1) is 9.84. The van der Waals surface area contributed by atoms with Crippen molar-refractivity contribution < 1.29 is 9.84 Å². The summed E-state index contributed by atoms with van der Waals surface area (Å²) in [5, 5.41) is 10.0. The van der Waals surface area contributed by atoms with E-state index < -0.39 is 0 Å². The number of rotatable bonds is 5. The number of ether oxygens (including phenoxy) is 1. The summed E-state index contributed by atoms with van der Waals surface area (Å²) in [6.45, 7) is 1.60. The van der Waals surface area contributed by atoms with E-state index >= 15 is 0 Å². The Morgan fingerprint density at radius 1 is 1.40 bits per heavy atom. The molecule has 4 heteroatoms. The normalized spacial score (nSPS) is 17.8. The molecule has 0 aliphatic heterocycles. The van der Waals surface area contributed by atoms with Gasteiger partial charge in [-0.25, -0.2) is 4.98 Å².